The molecular weight excluding hydrogens is 276 g/mol. The van der Waals surface area contributed by atoms with E-state index in [1.165, 1.54) is 12.1 Å². The van der Waals surface area contributed by atoms with Crippen LogP contribution in [0.25, 0.3) is 0 Å². The highest BCUT2D eigenvalue weighted by molar-refractivity contribution is 5.98. The van der Waals surface area contributed by atoms with Crippen molar-refractivity contribution in [2.24, 2.45) is 0 Å². The van der Waals surface area contributed by atoms with Crippen LogP contribution in [-0.4, -0.2) is 32.4 Å². The Balaban J connectivity index is 1.91. The molecule has 110 valence electrons. The molecule has 1 amide bonds. The van der Waals surface area contributed by atoms with Gasteiger partial charge in [-0.2, -0.15) is 0 Å². The molecular formula is C13H14N4O4. The Morgan fingerprint density at radius 3 is 2.95 bits per heavy atom. The fraction of sp³-hybridized carbons (Fsp3) is 0.231. The molecule has 3 N–H and O–H groups in total. The van der Waals surface area contributed by atoms with E-state index in [-0.39, 0.29) is 5.56 Å². The molecule has 2 rings (SSSR count). The van der Waals surface area contributed by atoms with Gasteiger partial charge in [0.1, 0.15) is 5.82 Å². The van der Waals surface area contributed by atoms with E-state index in [2.05, 4.69) is 15.3 Å². The minimum Gasteiger partial charge on any atom is -0.502 e. The summed E-state index contributed by atoms with van der Waals surface area (Å²) >= 11 is 0. The Hall–Kier alpha value is -2.90. The molecule has 1 aromatic heterocycles. The van der Waals surface area contributed by atoms with Gasteiger partial charge in [0, 0.05) is 31.4 Å². The smallest absolute Gasteiger partial charge is 0.311 e. The van der Waals surface area contributed by atoms with Crippen molar-refractivity contribution in [1.82, 2.24) is 15.3 Å². The van der Waals surface area contributed by atoms with Gasteiger partial charge in [-0.1, -0.05) is 6.07 Å². The maximum absolute atomic E-state index is 11.9. The molecule has 0 saturated heterocycles. The lowest BCUT2D eigenvalue weighted by Crippen LogP contribution is -2.25. The summed E-state index contributed by atoms with van der Waals surface area (Å²) in [5, 5.41) is 23.0. The lowest BCUT2D eigenvalue weighted by molar-refractivity contribution is -0.385. The summed E-state index contributed by atoms with van der Waals surface area (Å²) in [7, 11) is 0. The Morgan fingerprint density at radius 1 is 1.48 bits per heavy atom. The second kappa shape index (κ2) is 6.51. The van der Waals surface area contributed by atoms with Crippen LogP contribution in [-0.2, 0) is 6.42 Å². The molecule has 8 heteroatoms. The average Bonchev–Trinajstić information content (AvgIpc) is 2.96. The van der Waals surface area contributed by atoms with Gasteiger partial charge in [-0.3, -0.25) is 14.9 Å². The highest BCUT2D eigenvalue weighted by atomic mass is 16.6. The number of carbonyl (C=O) groups is 1. The van der Waals surface area contributed by atoms with E-state index >= 15 is 0 Å². The van der Waals surface area contributed by atoms with Crippen LogP contribution in [0.1, 0.15) is 22.6 Å². The molecule has 1 aromatic carbocycles. The summed E-state index contributed by atoms with van der Waals surface area (Å²) in [6, 6.07) is 3.84. The number of aromatic amines is 1. The van der Waals surface area contributed by atoms with Gasteiger partial charge >= 0.3 is 5.69 Å². The quantitative estimate of drug-likeness (QED) is 0.421. The third-order valence-electron chi connectivity index (χ3n) is 2.89. The van der Waals surface area contributed by atoms with Crippen molar-refractivity contribution in [1.29, 1.82) is 0 Å². The summed E-state index contributed by atoms with van der Waals surface area (Å²) in [4.78, 5) is 28.8. The molecule has 1 heterocycles. The molecule has 8 nitrogen and oxygen atoms in total. The lowest BCUT2D eigenvalue weighted by Gasteiger charge is -2.06. The van der Waals surface area contributed by atoms with Crippen LogP contribution in [0.3, 0.4) is 0 Å². The number of nitrogens with one attached hydrogen (secondary N) is 2. The number of hydrogen-bond donors (Lipinski definition) is 3. The van der Waals surface area contributed by atoms with Crippen LogP contribution < -0.4 is 5.32 Å². The zero-order valence-electron chi connectivity index (χ0n) is 11.1. The van der Waals surface area contributed by atoms with Crippen LogP contribution in [0.15, 0.2) is 30.6 Å². The molecule has 0 atom stereocenters. The molecule has 0 aliphatic rings. The van der Waals surface area contributed by atoms with Crippen molar-refractivity contribution in [3.63, 3.8) is 0 Å². The SMILES string of the molecule is O=C(NCCCc1ncc[nH]1)c1cccc([N+](=O)[O-])c1O. The minimum absolute atomic E-state index is 0.109. The first-order chi connectivity index (χ1) is 10.1. The van der Waals surface area contributed by atoms with Gasteiger partial charge in [0.25, 0.3) is 5.91 Å². The van der Waals surface area contributed by atoms with E-state index in [0.717, 1.165) is 11.9 Å². The zero-order valence-corrected chi connectivity index (χ0v) is 11.1. The first-order valence-corrected chi connectivity index (χ1v) is 6.32. The highest BCUT2D eigenvalue weighted by Crippen LogP contribution is 2.28. The number of para-hydroxylation sites is 1. The Kier molecular flexibility index (Phi) is 4.50. The standard InChI is InChI=1S/C13H14N4O4/c18-12-9(3-1-4-10(12)17(20)21)13(19)16-6-2-5-11-14-7-8-15-11/h1,3-4,7-8,18H,2,5-6H2,(H,14,15)(H,16,19). The average molecular weight is 290 g/mol. The summed E-state index contributed by atoms with van der Waals surface area (Å²) in [5.74, 6) is -0.343. The van der Waals surface area contributed by atoms with Gasteiger partial charge in [0.2, 0.25) is 5.75 Å². The van der Waals surface area contributed by atoms with Crippen molar-refractivity contribution in [2.45, 2.75) is 12.8 Å². The van der Waals surface area contributed by atoms with Crippen molar-refractivity contribution >= 4 is 11.6 Å². The van der Waals surface area contributed by atoms with Crippen LogP contribution in [0, 0.1) is 10.1 Å². The Labute approximate surface area is 120 Å². The number of benzene rings is 1. The van der Waals surface area contributed by atoms with Gasteiger partial charge in [-0.25, -0.2) is 4.98 Å². The van der Waals surface area contributed by atoms with Gasteiger partial charge in [-0.15, -0.1) is 0 Å². The van der Waals surface area contributed by atoms with E-state index in [1.807, 2.05) is 0 Å². The summed E-state index contributed by atoms with van der Waals surface area (Å²) in [6.45, 7) is 0.377. The fourth-order valence-electron chi connectivity index (χ4n) is 1.85. The fourth-order valence-corrected chi connectivity index (χ4v) is 1.85. The predicted molar refractivity (Wildman–Crippen MR) is 74.0 cm³/mol. The maximum Gasteiger partial charge on any atom is 0.311 e. The number of nitrogens with zero attached hydrogens (tertiary/aromatic N) is 2. The topological polar surface area (TPSA) is 121 Å². The molecule has 0 fully saturated rings. The first-order valence-electron chi connectivity index (χ1n) is 6.32. The van der Waals surface area contributed by atoms with E-state index in [4.69, 9.17) is 0 Å². The molecule has 0 aliphatic heterocycles. The van der Waals surface area contributed by atoms with Gasteiger partial charge in [0.05, 0.1) is 10.5 Å². The number of aryl methyl sites for hydroxylation is 1. The van der Waals surface area contributed by atoms with Crippen LogP contribution in [0.4, 0.5) is 5.69 Å². The predicted octanol–water partition coefficient (Wildman–Crippen LogP) is 1.39. The number of hydrogen-bond acceptors (Lipinski definition) is 5. The number of imidazole rings is 1. The number of rotatable bonds is 6. The van der Waals surface area contributed by atoms with Crippen LogP contribution in [0.5, 0.6) is 5.75 Å². The highest BCUT2D eigenvalue weighted by Gasteiger charge is 2.20. The molecule has 0 unspecified atom stereocenters. The number of carbonyl (C=O) groups excluding carboxylic acids is 1. The monoisotopic (exact) mass is 290 g/mol. The number of aromatic hydroxyl groups is 1. The molecule has 0 spiro atoms. The summed E-state index contributed by atoms with van der Waals surface area (Å²) in [6.07, 6.45) is 4.70. The summed E-state index contributed by atoms with van der Waals surface area (Å²) in [5.41, 5.74) is -0.597. The number of nitro groups is 1. The number of phenolic OH excluding ortho intramolecular Hbond substituents is 1. The second-order valence-electron chi connectivity index (χ2n) is 4.33. The molecule has 2 aromatic rings. The van der Waals surface area contributed by atoms with Gasteiger partial charge in [-0.05, 0) is 12.5 Å². The second-order valence-corrected chi connectivity index (χ2v) is 4.33. The largest absolute Gasteiger partial charge is 0.502 e. The Morgan fingerprint density at radius 2 is 2.29 bits per heavy atom. The van der Waals surface area contributed by atoms with Crippen LogP contribution >= 0.6 is 0 Å². The number of aromatic nitrogens is 2. The van der Waals surface area contributed by atoms with E-state index in [0.29, 0.717) is 19.4 Å². The first kappa shape index (κ1) is 14.5. The third kappa shape index (κ3) is 3.56. The molecule has 0 aliphatic carbocycles. The van der Waals surface area contributed by atoms with Crippen molar-refractivity contribution in [2.75, 3.05) is 6.54 Å². The molecule has 0 saturated carbocycles. The minimum atomic E-state index is -0.733. The van der Waals surface area contributed by atoms with Gasteiger partial charge < -0.3 is 15.4 Å². The maximum atomic E-state index is 11.9. The van der Waals surface area contributed by atoms with Crippen LogP contribution in [0.2, 0.25) is 0 Å². The molecule has 0 radical (unpaired) electrons. The van der Waals surface area contributed by atoms with Crippen molar-refractivity contribution in [3.05, 3.63) is 52.1 Å². The molecule has 0 bridgehead atoms. The number of amides is 1. The summed E-state index contributed by atoms with van der Waals surface area (Å²) < 4.78 is 0. The van der Waals surface area contributed by atoms with E-state index in [9.17, 15) is 20.0 Å². The van der Waals surface area contributed by atoms with Crippen molar-refractivity contribution < 1.29 is 14.8 Å². The Bertz CT molecular complexity index is 640. The van der Waals surface area contributed by atoms with E-state index in [1.54, 1.807) is 12.4 Å². The van der Waals surface area contributed by atoms with Gasteiger partial charge in [0.15, 0.2) is 0 Å². The number of phenols is 1. The lowest BCUT2D eigenvalue weighted by atomic mass is 10.1. The molecule has 21 heavy (non-hydrogen) atoms. The normalized spacial score (nSPS) is 10.3. The van der Waals surface area contributed by atoms with Crippen molar-refractivity contribution in [3.8, 4) is 5.75 Å². The number of nitro benzene ring substituents is 1. The zero-order chi connectivity index (χ0) is 15.2. The number of H-pyrrole nitrogens is 1. The van der Waals surface area contributed by atoms with E-state index < -0.39 is 22.3 Å². The third-order valence-corrected chi connectivity index (χ3v) is 2.89.